The van der Waals surface area contributed by atoms with Gasteiger partial charge in [-0.05, 0) is 55.0 Å². The second-order valence-corrected chi connectivity index (χ2v) is 8.54. The van der Waals surface area contributed by atoms with E-state index in [0.717, 1.165) is 13.1 Å². The summed E-state index contributed by atoms with van der Waals surface area (Å²) < 4.78 is 0. The summed E-state index contributed by atoms with van der Waals surface area (Å²) in [4.78, 5) is 4.31. The van der Waals surface area contributed by atoms with Crippen molar-refractivity contribution in [3.63, 3.8) is 0 Å². The van der Waals surface area contributed by atoms with E-state index >= 15 is 0 Å². The van der Waals surface area contributed by atoms with Crippen molar-refractivity contribution in [2.45, 2.75) is 65.5 Å². The second-order valence-electron chi connectivity index (χ2n) is 7.54. The molecule has 0 aliphatic carbocycles. The van der Waals surface area contributed by atoms with Gasteiger partial charge in [0.15, 0.2) is 0 Å². The van der Waals surface area contributed by atoms with Crippen molar-refractivity contribution >= 4 is 11.3 Å². The highest BCUT2D eigenvalue weighted by Crippen LogP contribution is 2.41. The molecule has 2 N–H and O–H groups in total. The Balaban J connectivity index is 2.32. The summed E-state index contributed by atoms with van der Waals surface area (Å²) in [6.07, 6.45) is 3.59. The molecule has 1 aliphatic heterocycles. The van der Waals surface area contributed by atoms with Crippen molar-refractivity contribution in [3.8, 4) is 0 Å². The Morgan fingerprint density at radius 2 is 1.90 bits per heavy atom. The Labute approximate surface area is 134 Å². The van der Waals surface area contributed by atoms with Gasteiger partial charge in [-0.1, -0.05) is 27.7 Å². The van der Waals surface area contributed by atoms with Gasteiger partial charge in [0, 0.05) is 29.5 Å². The van der Waals surface area contributed by atoms with Crippen LogP contribution < -0.4 is 5.73 Å². The first kappa shape index (κ1) is 17.0. The fourth-order valence-electron chi connectivity index (χ4n) is 4.28. The summed E-state index contributed by atoms with van der Waals surface area (Å²) in [7, 11) is 0. The van der Waals surface area contributed by atoms with Gasteiger partial charge in [-0.25, -0.2) is 0 Å². The van der Waals surface area contributed by atoms with E-state index in [1.165, 1.54) is 24.8 Å². The molecular formula is C18H32N2S. The van der Waals surface area contributed by atoms with Crippen LogP contribution in [0.1, 0.15) is 63.9 Å². The molecule has 1 unspecified atom stereocenters. The minimum Gasteiger partial charge on any atom is -0.329 e. The Morgan fingerprint density at radius 3 is 2.43 bits per heavy atom. The third-order valence-electron chi connectivity index (χ3n) is 4.84. The van der Waals surface area contributed by atoms with E-state index in [9.17, 15) is 0 Å². The van der Waals surface area contributed by atoms with Crippen LogP contribution in [0.3, 0.4) is 0 Å². The van der Waals surface area contributed by atoms with E-state index in [1.807, 2.05) is 11.3 Å². The largest absolute Gasteiger partial charge is 0.329 e. The van der Waals surface area contributed by atoms with Crippen LogP contribution in [0.15, 0.2) is 11.4 Å². The van der Waals surface area contributed by atoms with Crippen molar-refractivity contribution in [2.24, 2.45) is 17.6 Å². The summed E-state index contributed by atoms with van der Waals surface area (Å²) in [6.45, 7) is 13.6. The predicted octanol–water partition coefficient (Wildman–Crippen LogP) is 4.46. The third-order valence-corrected chi connectivity index (χ3v) is 5.84. The van der Waals surface area contributed by atoms with Crippen molar-refractivity contribution < 1.29 is 0 Å². The van der Waals surface area contributed by atoms with E-state index in [-0.39, 0.29) is 5.54 Å². The SMILES string of the molecule is CC(C)CC(CN)(CC(C)C)N1CCc2sccc2C1C. The average Bonchev–Trinajstić information content (AvgIpc) is 2.86. The number of hydrogen-bond acceptors (Lipinski definition) is 3. The highest BCUT2D eigenvalue weighted by molar-refractivity contribution is 7.10. The molecule has 1 aromatic rings. The van der Waals surface area contributed by atoms with Crippen LogP contribution in [-0.2, 0) is 6.42 Å². The average molecular weight is 309 g/mol. The Hall–Kier alpha value is -0.380. The van der Waals surface area contributed by atoms with Crippen molar-refractivity contribution in [3.05, 3.63) is 21.9 Å². The summed E-state index contributed by atoms with van der Waals surface area (Å²) >= 11 is 1.92. The van der Waals surface area contributed by atoms with Crippen LogP contribution >= 0.6 is 11.3 Å². The maximum atomic E-state index is 6.35. The fourth-order valence-corrected chi connectivity index (χ4v) is 5.24. The highest BCUT2D eigenvalue weighted by Gasteiger charge is 2.41. The normalized spacial score (nSPS) is 20.3. The lowest BCUT2D eigenvalue weighted by Crippen LogP contribution is -2.57. The van der Waals surface area contributed by atoms with Crippen LogP contribution in [0.2, 0.25) is 0 Å². The van der Waals surface area contributed by atoms with Gasteiger partial charge in [0.2, 0.25) is 0 Å². The molecule has 21 heavy (non-hydrogen) atoms. The standard InChI is InChI=1S/C18H32N2S/c1-13(2)10-18(12-19,11-14(3)4)20-8-6-17-16(15(20)5)7-9-21-17/h7,9,13-15H,6,8,10-12,19H2,1-5H3. The summed E-state index contributed by atoms with van der Waals surface area (Å²) in [5.41, 5.74) is 8.05. The molecule has 0 saturated carbocycles. The molecule has 2 heterocycles. The Morgan fingerprint density at radius 1 is 1.29 bits per heavy atom. The zero-order chi connectivity index (χ0) is 15.6. The summed E-state index contributed by atoms with van der Waals surface area (Å²) in [5.74, 6) is 1.37. The molecular weight excluding hydrogens is 276 g/mol. The Bertz CT molecular complexity index is 440. The first-order valence-electron chi connectivity index (χ1n) is 8.42. The molecule has 0 fully saturated rings. The molecule has 1 aliphatic rings. The summed E-state index contributed by atoms with van der Waals surface area (Å²) in [6, 6.07) is 2.82. The number of rotatable bonds is 6. The maximum absolute atomic E-state index is 6.35. The first-order chi connectivity index (χ1) is 9.89. The van der Waals surface area contributed by atoms with Crippen molar-refractivity contribution in [1.29, 1.82) is 0 Å². The number of nitrogens with two attached hydrogens (primary N) is 1. The van der Waals surface area contributed by atoms with Gasteiger partial charge in [-0.15, -0.1) is 11.3 Å². The van der Waals surface area contributed by atoms with Gasteiger partial charge in [0.05, 0.1) is 0 Å². The molecule has 0 spiro atoms. The van der Waals surface area contributed by atoms with E-state index in [4.69, 9.17) is 5.73 Å². The van der Waals surface area contributed by atoms with Gasteiger partial charge in [0.25, 0.3) is 0 Å². The van der Waals surface area contributed by atoms with E-state index in [2.05, 4.69) is 51.0 Å². The lowest BCUT2D eigenvalue weighted by atomic mass is 9.78. The zero-order valence-electron chi connectivity index (χ0n) is 14.4. The smallest absolute Gasteiger partial charge is 0.0342 e. The molecule has 1 aromatic heterocycles. The minimum atomic E-state index is 0.154. The zero-order valence-corrected chi connectivity index (χ0v) is 15.2. The quantitative estimate of drug-likeness (QED) is 0.841. The monoisotopic (exact) mass is 308 g/mol. The molecule has 1 atom stereocenters. The topological polar surface area (TPSA) is 29.3 Å². The molecule has 0 saturated heterocycles. The molecule has 120 valence electrons. The molecule has 0 aromatic carbocycles. The molecule has 2 nitrogen and oxygen atoms in total. The van der Waals surface area contributed by atoms with Crippen LogP contribution in [0.25, 0.3) is 0 Å². The van der Waals surface area contributed by atoms with Gasteiger partial charge in [-0.2, -0.15) is 0 Å². The number of nitrogens with zero attached hydrogens (tertiary/aromatic N) is 1. The molecule has 2 rings (SSSR count). The van der Waals surface area contributed by atoms with Crippen molar-refractivity contribution in [2.75, 3.05) is 13.1 Å². The van der Waals surface area contributed by atoms with E-state index in [0.29, 0.717) is 17.9 Å². The first-order valence-corrected chi connectivity index (χ1v) is 9.30. The minimum absolute atomic E-state index is 0.154. The van der Waals surface area contributed by atoms with Crippen LogP contribution in [0.4, 0.5) is 0 Å². The van der Waals surface area contributed by atoms with E-state index in [1.54, 1.807) is 4.88 Å². The van der Waals surface area contributed by atoms with Gasteiger partial charge >= 0.3 is 0 Å². The second kappa shape index (κ2) is 6.80. The molecule has 0 bridgehead atoms. The lowest BCUT2D eigenvalue weighted by Gasteiger charge is -2.50. The highest BCUT2D eigenvalue weighted by atomic mass is 32.1. The van der Waals surface area contributed by atoms with Gasteiger partial charge in [-0.3, -0.25) is 4.90 Å². The van der Waals surface area contributed by atoms with E-state index < -0.39 is 0 Å². The fraction of sp³-hybridized carbons (Fsp3) is 0.778. The lowest BCUT2D eigenvalue weighted by molar-refractivity contribution is 0.0153. The van der Waals surface area contributed by atoms with Gasteiger partial charge in [0.1, 0.15) is 0 Å². The van der Waals surface area contributed by atoms with Crippen LogP contribution in [-0.4, -0.2) is 23.5 Å². The summed E-state index contributed by atoms with van der Waals surface area (Å²) in [5, 5.41) is 2.25. The van der Waals surface area contributed by atoms with Crippen molar-refractivity contribution in [1.82, 2.24) is 4.90 Å². The number of hydrogen-bond donors (Lipinski definition) is 1. The predicted molar refractivity (Wildman–Crippen MR) is 93.8 cm³/mol. The van der Waals surface area contributed by atoms with Gasteiger partial charge < -0.3 is 5.73 Å². The molecule has 3 heteroatoms. The Kier molecular flexibility index (Phi) is 5.50. The molecule has 0 amide bonds. The number of thiophene rings is 1. The maximum Gasteiger partial charge on any atom is 0.0342 e. The van der Waals surface area contributed by atoms with Crippen LogP contribution in [0, 0.1) is 11.8 Å². The van der Waals surface area contributed by atoms with Crippen LogP contribution in [0.5, 0.6) is 0 Å². The third kappa shape index (κ3) is 3.52. The number of fused-ring (bicyclic) bond motifs is 1. The molecule has 0 radical (unpaired) electrons.